The van der Waals surface area contributed by atoms with Crippen LogP contribution < -0.4 is 10.6 Å². The topological polar surface area (TPSA) is 113 Å². The number of carbonyl (C=O) groups excluding carboxylic acids is 3. The molecule has 122 valence electrons. The molecule has 0 aliphatic carbocycles. The summed E-state index contributed by atoms with van der Waals surface area (Å²) < 4.78 is 0. The van der Waals surface area contributed by atoms with Gasteiger partial charge in [-0.1, -0.05) is 24.6 Å². The van der Waals surface area contributed by atoms with Crippen LogP contribution in [0, 0.1) is 0 Å². The molecule has 1 aliphatic rings. The molecule has 0 radical (unpaired) electrons. The second kappa shape index (κ2) is 7.53. The number of carboxylic acid groups (broad SMARTS) is 1. The summed E-state index contributed by atoms with van der Waals surface area (Å²) in [6, 6.07) is 6.78. The van der Waals surface area contributed by atoms with E-state index in [0.29, 0.717) is 30.5 Å². The molecule has 0 saturated carbocycles. The Morgan fingerprint density at radius 1 is 1.13 bits per heavy atom. The zero-order valence-electron chi connectivity index (χ0n) is 12.5. The summed E-state index contributed by atoms with van der Waals surface area (Å²) in [5.74, 6) is -4.01. The summed E-state index contributed by atoms with van der Waals surface area (Å²) in [6.07, 6.45) is 1.84. The number of fused-ring (bicyclic) bond motifs is 1. The van der Waals surface area contributed by atoms with Crippen LogP contribution in [0.1, 0.15) is 37.2 Å². The zero-order valence-corrected chi connectivity index (χ0v) is 12.5. The van der Waals surface area contributed by atoms with Gasteiger partial charge in [0.05, 0.1) is 0 Å². The standard InChI is InChI=1S/C16H18N2O5/c19-12(20)8-2-1-5-9-17-16(23)14(21)13-10-6-3-4-7-11(10)18-15(13)22/h3-4,6-7,13H,1-2,5,8-9H2,(H,17,23)(H,18,22)(H,19,20)/t13-/m0/s1. The Morgan fingerprint density at radius 3 is 2.61 bits per heavy atom. The number of nitrogens with one attached hydrogen (secondary N) is 2. The third-order valence-electron chi connectivity index (χ3n) is 3.63. The number of rotatable bonds is 8. The maximum atomic E-state index is 12.2. The number of benzene rings is 1. The van der Waals surface area contributed by atoms with E-state index in [0.717, 1.165) is 0 Å². The summed E-state index contributed by atoms with van der Waals surface area (Å²) in [5.41, 5.74) is 1.07. The minimum atomic E-state index is -1.10. The van der Waals surface area contributed by atoms with Gasteiger partial charge < -0.3 is 15.7 Å². The van der Waals surface area contributed by atoms with Gasteiger partial charge in [-0.2, -0.15) is 0 Å². The number of amides is 2. The molecule has 2 rings (SSSR count). The van der Waals surface area contributed by atoms with Gasteiger partial charge in [0.2, 0.25) is 11.7 Å². The summed E-state index contributed by atoms with van der Waals surface area (Å²) in [6.45, 7) is 0.278. The fourth-order valence-electron chi connectivity index (χ4n) is 2.47. The third kappa shape index (κ3) is 4.15. The number of aliphatic carboxylic acids is 1. The average Bonchev–Trinajstić information content (AvgIpc) is 2.85. The molecule has 1 aliphatic heterocycles. The van der Waals surface area contributed by atoms with E-state index in [1.54, 1.807) is 24.3 Å². The Balaban J connectivity index is 1.82. The predicted molar refractivity (Wildman–Crippen MR) is 81.9 cm³/mol. The lowest BCUT2D eigenvalue weighted by Gasteiger charge is -2.08. The molecule has 0 unspecified atom stereocenters. The van der Waals surface area contributed by atoms with Crippen molar-refractivity contribution >= 4 is 29.3 Å². The molecule has 1 atom stereocenters. The van der Waals surface area contributed by atoms with Crippen LogP contribution in [0.4, 0.5) is 5.69 Å². The number of unbranched alkanes of at least 4 members (excludes halogenated alkanes) is 2. The molecule has 3 N–H and O–H groups in total. The number of ketones is 1. The number of hydrogen-bond donors (Lipinski definition) is 3. The lowest BCUT2D eigenvalue weighted by Crippen LogP contribution is -2.37. The van der Waals surface area contributed by atoms with Crippen molar-refractivity contribution in [1.82, 2.24) is 5.32 Å². The van der Waals surface area contributed by atoms with Gasteiger partial charge in [0.1, 0.15) is 5.92 Å². The summed E-state index contributed by atoms with van der Waals surface area (Å²) in [5, 5.41) is 13.6. The predicted octanol–water partition coefficient (Wildman–Crippen LogP) is 1.05. The van der Waals surface area contributed by atoms with Gasteiger partial charge in [-0.15, -0.1) is 0 Å². The van der Waals surface area contributed by atoms with E-state index in [1.807, 2.05) is 0 Å². The van der Waals surface area contributed by atoms with Crippen LogP contribution in [0.15, 0.2) is 24.3 Å². The zero-order chi connectivity index (χ0) is 16.8. The van der Waals surface area contributed by atoms with Crippen molar-refractivity contribution in [3.8, 4) is 0 Å². The number of hydrogen-bond acceptors (Lipinski definition) is 4. The van der Waals surface area contributed by atoms with E-state index in [4.69, 9.17) is 5.11 Å². The Kier molecular flexibility index (Phi) is 5.46. The molecule has 1 aromatic rings. The molecule has 1 aromatic carbocycles. The molecule has 7 nitrogen and oxygen atoms in total. The van der Waals surface area contributed by atoms with E-state index in [-0.39, 0.29) is 13.0 Å². The van der Waals surface area contributed by atoms with Gasteiger partial charge in [0.15, 0.2) is 0 Å². The molecule has 23 heavy (non-hydrogen) atoms. The number of para-hydroxylation sites is 1. The first-order valence-corrected chi connectivity index (χ1v) is 7.44. The number of anilines is 1. The quantitative estimate of drug-likeness (QED) is 0.377. The fourth-order valence-corrected chi connectivity index (χ4v) is 2.47. The van der Waals surface area contributed by atoms with E-state index in [2.05, 4.69) is 10.6 Å². The van der Waals surface area contributed by atoms with Crippen molar-refractivity contribution in [3.63, 3.8) is 0 Å². The van der Waals surface area contributed by atoms with Gasteiger partial charge in [-0.3, -0.25) is 19.2 Å². The van der Waals surface area contributed by atoms with Crippen molar-refractivity contribution in [2.45, 2.75) is 31.6 Å². The Morgan fingerprint density at radius 2 is 1.87 bits per heavy atom. The van der Waals surface area contributed by atoms with E-state index in [9.17, 15) is 19.2 Å². The largest absolute Gasteiger partial charge is 0.481 e. The number of carbonyl (C=O) groups is 4. The van der Waals surface area contributed by atoms with Crippen LogP contribution in [0.25, 0.3) is 0 Å². The third-order valence-corrected chi connectivity index (χ3v) is 3.63. The van der Waals surface area contributed by atoms with E-state index in [1.165, 1.54) is 0 Å². The molecule has 0 spiro atoms. The minimum Gasteiger partial charge on any atom is -0.481 e. The van der Waals surface area contributed by atoms with Crippen LogP contribution in [0.2, 0.25) is 0 Å². The van der Waals surface area contributed by atoms with Crippen molar-refractivity contribution in [3.05, 3.63) is 29.8 Å². The maximum absolute atomic E-state index is 12.2. The lowest BCUT2D eigenvalue weighted by molar-refractivity contribution is -0.140. The maximum Gasteiger partial charge on any atom is 0.303 e. The first-order chi connectivity index (χ1) is 11.0. The van der Waals surface area contributed by atoms with Crippen LogP contribution in [-0.2, 0) is 19.2 Å². The highest BCUT2D eigenvalue weighted by atomic mass is 16.4. The van der Waals surface area contributed by atoms with Crippen molar-refractivity contribution in [2.24, 2.45) is 0 Å². The van der Waals surface area contributed by atoms with Gasteiger partial charge in [-0.05, 0) is 24.5 Å². The molecular formula is C16H18N2O5. The number of carboxylic acids is 1. The highest BCUT2D eigenvalue weighted by Crippen LogP contribution is 2.32. The highest BCUT2D eigenvalue weighted by molar-refractivity contribution is 6.44. The molecule has 1 heterocycles. The van der Waals surface area contributed by atoms with Crippen molar-refractivity contribution < 1.29 is 24.3 Å². The van der Waals surface area contributed by atoms with Crippen LogP contribution in [0.5, 0.6) is 0 Å². The normalized spacial score (nSPS) is 15.7. The fraction of sp³-hybridized carbons (Fsp3) is 0.375. The molecule has 2 amide bonds. The average molecular weight is 318 g/mol. The first-order valence-electron chi connectivity index (χ1n) is 7.44. The SMILES string of the molecule is O=C(O)CCCCCNC(=O)C(=O)[C@H]1C(=O)Nc2ccccc21. The van der Waals surface area contributed by atoms with E-state index >= 15 is 0 Å². The Labute approximate surface area is 133 Å². The molecule has 0 fully saturated rings. The van der Waals surface area contributed by atoms with Crippen LogP contribution >= 0.6 is 0 Å². The van der Waals surface area contributed by atoms with Crippen molar-refractivity contribution in [2.75, 3.05) is 11.9 Å². The minimum absolute atomic E-state index is 0.0892. The lowest BCUT2D eigenvalue weighted by atomic mass is 9.95. The highest BCUT2D eigenvalue weighted by Gasteiger charge is 2.39. The number of Topliss-reactive ketones (excluding diaryl/α,β-unsaturated/α-hetero) is 1. The van der Waals surface area contributed by atoms with Crippen molar-refractivity contribution in [1.29, 1.82) is 0 Å². The van der Waals surface area contributed by atoms with Gasteiger partial charge >= 0.3 is 5.97 Å². The second-order valence-corrected chi connectivity index (χ2v) is 5.33. The molecular weight excluding hydrogens is 300 g/mol. The monoisotopic (exact) mass is 318 g/mol. The summed E-state index contributed by atoms with van der Waals surface area (Å²) >= 11 is 0. The Bertz CT molecular complexity index is 641. The summed E-state index contributed by atoms with van der Waals surface area (Å²) in [4.78, 5) is 46.3. The smallest absolute Gasteiger partial charge is 0.303 e. The first kappa shape index (κ1) is 16.7. The molecule has 0 bridgehead atoms. The Hall–Kier alpha value is -2.70. The molecule has 0 saturated heterocycles. The van der Waals surface area contributed by atoms with Crippen LogP contribution in [-0.4, -0.2) is 35.2 Å². The van der Waals surface area contributed by atoms with Crippen LogP contribution in [0.3, 0.4) is 0 Å². The second-order valence-electron chi connectivity index (χ2n) is 5.33. The van der Waals surface area contributed by atoms with Gasteiger partial charge in [0, 0.05) is 18.7 Å². The molecule has 7 heteroatoms. The van der Waals surface area contributed by atoms with Gasteiger partial charge in [-0.25, -0.2) is 0 Å². The molecule has 0 aromatic heterocycles. The summed E-state index contributed by atoms with van der Waals surface area (Å²) in [7, 11) is 0. The van der Waals surface area contributed by atoms with E-state index < -0.39 is 29.5 Å². The van der Waals surface area contributed by atoms with Gasteiger partial charge in [0.25, 0.3) is 5.91 Å².